The molecule has 3 nitrogen and oxygen atoms in total. The van der Waals surface area contributed by atoms with Gasteiger partial charge in [0, 0.05) is 15.2 Å². The standard InChI is InChI=1S/C23H29BrClNO2Si/c1-23(2,3)29(4,5)28-15-19-13-17-12-18(24)10-11-21(17)26(19)22(27)14-16-8-6-7-9-20(16)25/h6-12,19H,13-15H2,1-5H3. The number of carbonyl (C=O) groups excluding carboxylic acids is 1. The molecule has 2 aromatic rings. The van der Waals surface area contributed by atoms with E-state index in [2.05, 4.69) is 55.9 Å². The smallest absolute Gasteiger partial charge is 0.231 e. The largest absolute Gasteiger partial charge is 0.415 e. The minimum absolute atomic E-state index is 0.00316. The van der Waals surface area contributed by atoms with Crippen LogP contribution in [0, 0.1) is 0 Å². The van der Waals surface area contributed by atoms with Crippen LogP contribution in [0.1, 0.15) is 31.9 Å². The fourth-order valence-corrected chi connectivity index (χ4v) is 5.03. The van der Waals surface area contributed by atoms with Gasteiger partial charge in [-0.2, -0.15) is 0 Å². The molecule has 0 bridgehead atoms. The summed E-state index contributed by atoms with van der Waals surface area (Å²) < 4.78 is 7.53. The van der Waals surface area contributed by atoms with E-state index < -0.39 is 8.32 Å². The molecule has 1 heterocycles. The molecule has 156 valence electrons. The van der Waals surface area contributed by atoms with E-state index in [1.165, 1.54) is 5.56 Å². The van der Waals surface area contributed by atoms with Crippen molar-refractivity contribution in [2.24, 2.45) is 0 Å². The number of halogens is 2. The molecule has 6 heteroatoms. The van der Waals surface area contributed by atoms with Gasteiger partial charge in [-0.25, -0.2) is 0 Å². The molecule has 0 saturated carbocycles. The van der Waals surface area contributed by atoms with Gasteiger partial charge in [-0.1, -0.05) is 66.5 Å². The van der Waals surface area contributed by atoms with Crippen LogP contribution in [0.3, 0.4) is 0 Å². The Morgan fingerprint density at radius 1 is 1.24 bits per heavy atom. The zero-order valence-corrected chi connectivity index (χ0v) is 21.1. The molecule has 0 saturated heterocycles. The summed E-state index contributed by atoms with van der Waals surface area (Å²) in [5, 5.41) is 0.763. The summed E-state index contributed by atoms with van der Waals surface area (Å²) in [5.41, 5.74) is 3.01. The van der Waals surface area contributed by atoms with E-state index in [0.29, 0.717) is 11.6 Å². The van der Waals surface area contributed by atoms with Crippen molar-refractivity contribution >= 4 is 47.4 Å². The lowest BCUT2D eigenvalue weighted by molar-refractivity contribution is -0.118. The average molecular weight is 495 g/mol. The minimum Gasteiger partial charge on any atom is -0.415 e. The van der Waals surface area contributed by atoms with Crippen LogP contribution in [0.15, 0.2) is 46.9 Å². The van der Waals surface area contributed by atoms with Gasteiger partial charge in [0.25, 0.3) is 0 Å². The molecule has 1 aliphatic heterocycles. The summed E-state index contributed by atoms with van der Waals surface area (Å²) in [6.07, 6.45) is 1.09. The molecule has 0 radical (unpaired) electrons. The van der Waals surface area contributed by atoms with Gasteiger partial charge in [0.1, 0.15) is 0 Å². The number of carbonyl (C=O) groups is 1. The first-order chi connectivity index (χ1) is 13.5. The van der Waals surface area contributed by atoms with Gasteiger partial charge in [0.05, 0.1) is 19.1 Å². The maximum absolute atomic E-state index is 13.4. The topological polar surface area (TPSA) is 29.5 Å². The number of nitrogens with zero attached hydrogens (tertiary/aromatic N) is 1. The fourth-order valence-electron chi connectivity index (χ4n) is 3.38. The number of fused-ring (bicyclic) bond motifs is 1. The summed E-state index contributed by atoms with van der Waals surface area (Å²) in [4.78, 5) is 15.3. The average Bonchev–Trinajstić information content (AvgIpc) is 2.98. The minimum atomic E-state index is -1.90. The second kappa shape index (κ2) is 8.54. The number of amides is 1. The molecule has 0 aromatic heterocycles. The predicted molar refractivity (Wildman–Crippen MR) is 127 cm³/mol. The number of anilines is 1. The molecule has 1 amide bonds. The molecular formula is C23H29BrClNO2Si. The highest BCUT2D eigenvalue weighted by atomic mass is 79.9. The van der Waals surface area contributed by atoms with Crippen LogP contribution >= 0.6 is 27.5 Å². The SMILES string of the molecule is CC(C)(C)[Si](C)(C)OCC1Cc2cc(Br)ccc2N1C(=O)Cc1ccccc1Cl. The van der Waals surface area contributed by atoms with Gasteiger partial charge in [-0.05, 0) is 59.9 Å². The molecule has 0 aliphatic carbocycles. The van der Waals surface area contributed by atoms with Gasteiger partial charge >= 0.3 is 0 Å². The maximum atomic E-state index is 13.4. The summed E-state index contributed by atoms with van der Waals surface area (Å²) in [6.45, 7) is 11.8. The highest BCUT2D eigenvalue weighted by Crippen LogP contribution is 2.39. The Kier molecular flexibility index (Phi) is 6.64. The van der Waals surface area contributed by atoms with Crippen LogP contribution in [-0.4, -0.2) is 26.9 Å². The molecule has 3 rings (SSSR count). The third kappa shape index (κ3) is 4.96. The van der Waals surface area contributed by atoms with Crippen LogP contribution in [-0.2, 0) is 22.1 Å². The molecule has 1 atom stereocenters. The molecule has 0 N–H and O–H groups in total. The highest BCUT2D eigenvalue weighted by Gasteiger charge is 2.40. The summed E-state index contributed by atoms with van der Waals surface area (Å²) >= 11 is 9.86. The van der Waals surface area contributed by atoms with Crippen molar-refractivity contribution in [3.05, 3.63) is 63.1 Å². The van der Waals surface area contributed by atoms with Crippen LogP contribution in [0.5, 0.6) is 0 Å². The lowest BCUT2D eigenvalue weighted by Crippen LogP contribution is -2.47. The van der Waals surface area contributed by atoms with Gasteiger partial charge in [-0.15, -0.1) is 0 Å². The lowest BCUT2D eigenvalue weighted by Gasteiger charge is -2.38. The van der Waals surface area contributed by atoms with Crippen LogP contribution < -0.4 is 4.90 Å². The fraction of sp³-hybridized carbons (Fsp3) is 0.435. The van der Waals surface area contributed by atoms with E-state index in [1.807, 2.05) is 41.3 Å². The van der Waals surface area contributed by atoms with E-state index in [1.54, 1.807) is 0 Å². The van der Waals surface area contributed by atoms with Crippen LogP contribution in [0.25, 0.3) is 0 Å². The van der Waals surface area contributed by atoms with Crippen molar-refractivity contribution < 1.29 is 9.22 Å². The Morgan fingerprint density at radius 2 is 1.93 bits per heavy atom. The molecule has 0 fully saturated rings. The molecule has 0 spiro atoms. The van der Waals surface area contributed by atoms with Gasteiger partial charge in [0.2, 0.25) is 5.91 Å². The number of benzene rings is 2. The Labute approximate surface area is 188 Å². The van der Waals surface area contributed by atoms with Crippen molar-refractivity contribution in [3.8, 4) is 0 Å². The second-order valence-corrected chi connectivity index (χ2v) is 15.4. The van der Waals surface area contributed by atoms with Crippen molar-refractivity contribution in [2.75, 3.05) is 11.5 Å². The highest BCUT2D eigenvalue weighted by molar-refractivity contribution is 9.10. The Morgan fingerprint density at radius 3 is 2.59 bits per heavy atom. The summed E-state index contributed by atoms with van der Waals surface area (Å²) in [5.74, 6) is 0.0583. The number of hydrogen-bond acceptors (Lipinski definition) is 2. The lowest BCUT2D eigenvalue weighted by atomic mass is 10.1. The Hall–Kier alpha value is -1.14. The first-order valence-electron chi connectivity index (χ1n) is 9.97. The van der Waals surface area contributed by atoms with E-state index in [-0.39, 0.29) is 23.4 Å². The third-order valence-corrected chi connectivity index (χ3v) is 11.5. The predicted octanol–water partition coefficient (Wildman–Crippen LogP) is 6.62. The molecule has 2 aromatic carbocycles. The van der Waals surface area contributed by atoms with E-state index >= 15 is 0 Å². The van der Waals surface area contributed by atoms with E-state index in [4.69, 9.17) is 16.0 Å². The monoisotopic (exact) mass is 493 g/mol. The molecular weight excluding hydrogens is 466 g/mol. The molecule has 1 unspecified atom stereocenters. The maximum Gasteiger partial charge on any atom is 0.231 e. The normalized spacial score (nSPS) is 16.8. The zero-order chi connectivity index (χ0) is 21.4. The van der Waals surface area contributed by atoms with Crippen molar-refractivity contribution in [2.45, 2.75) is 57.8 Å². The van der Waals surface area contributed by atoms with E-state index in [9.17, 15) is 4.79 Å². The zero-order valence-electron chi connectivity index (χ0n) is 17.8. The summed E-state index contributed by atoms with van der Waals surface area (Å²) in [7, 11) is -1.90. The number of hydrogen-bond donors (Lipinski definition) is 0. The molecule has 29 heavy (non-hydrogen) atoms. The first kappa shape index (κ1) is 22.5. The first-order valence-corrected chi connectivity index (χ1v) is 14.1. The number of rotatable bonds is 5. The summed E-state index contributed by atoms with van der Waals surface area (Å²) in [6, 6.07) is 13.7. The molecule has 1 aliphatic rings. The second-order valence-electron chi connectivity index (χ2n) is 9.23. The van der Waals surface area contributed by atoms with Gasteiger partial charge in [0.15, 0.2) is 8.32 Å². The van der Waals surface area contributed by atoms with Gasteiger partial charge < -0.3 is 9.33 Å². The van der Waals surface area contributed by atoms with E-state index in [0.717, 1.165) is 22.1 Å². The Balaban J connectivity index is 1.85. The Bertz CT molecular complexity index is 910. The van der Waals surface area contributed by atoms with Crippen LogP contribution in [0.4, 0.5) is 5.69 Å². The van der Waals surface area contributed by atoms with Crippen molar-refractivity contribution in [1.29, 1.82) is 0 Å². The quantitative estimate of drug-likeness (QED) is 0.437. The van der Waals surface area contributed by atoms with Crippen molar-refractivity contribution in [3.63, 3.8) is 0 Å². The van der Waals surface area contributed by atoms with Gasteiger partial charge in [-0.3, -0.25) is 4.79 Å². The van der Waals surface area contributed by atoms with Crippen molar-refractivity contribution in [1.82, 2.24) is 0 Å². The van der Waals surface area contributed by atoms with Crippen LogP contribution in [0.2, 0.25) is 23.2 Å². The third-order valence-electron chi connectivity index (χ3n) is 6.13.